The van der Waals surface area contributed by atoms with Crippen LogP contribution in [0.4, 0.5) is 0 Å². The van der Waals surface area contributed by atoms with Crippen LogP contribution in [0.1, 0.15) is 52.0 Å². The molecule has 0 spiro atoms. The number of ketones is 1. The van der Waals surface area contributed by atoms with Crippen LogP contribution in [0.5, 0.6) is 0 Å². The van der Waals surface area contributed by atoms with Gasteiger partial charge in [-0.05, 0) is 58.1 Å². The van der Waals surface area contributed by atoms with Gasteiger partial charge in [-0.15, -0.1) is 11.3 Å². The van der Waals surface area contributed by atoms with Crippen molar-refractivity contribution in [1.82, 2.24) is 14.1 Å². The smallest absolute Gasteiger partial charge is 0.263 e. The fourth-order valence-electron chi connectivity index (χ4n) is 4.49. The fourth-order valence-corrected chi connectivity index (χ4v) is 6.70. The average Bonchev–Trinajstić information content (AvgIpc) is 3.27. The molecule has 1 aliphatic rings. The Balaban J connectivity index is 1.68. The molecule has 1 aliphatic carbocycles. The third-order valence-corrected chi connectivity index (χ3v) is 8.24. The van der Waals surface area contributed by atoms with Crippen molar-refractivity contribution in [3.05, 3.63) is 43.8 Å². The van der Waals surface area contributed by atoms with Crippen LogP contribution in [0.3, 0.4) is 0 Å². The van der Waals surface area contributed by atoms with Gasteiger partial charge in [0.1, 0.15) is 4.83 Å². The molecule has 0 atom stereocenters. The standard InChI is InChI=1S/C23H29N3O3S2/c1-5-25-14(2)12-17(15(25)3)18(27)13-30-23-24-21-20(22(28)26(23)10-11-29-4)16-8-6-7-9-19(16)31-21/h12H,5-11,13H2,1-4H3. The average molecular weight is 460 g/mol. The zero-order valence-electron chi connectivity index (χ0n) is 18.6. The monoisotopic (exact) mass is 459 g/mol. The molecule has 0 fully saturated rings. The zero-order chi connectivity index (χ0) is 22.1. The number of hydrogen-bond donors (Lipinski definition) is 0. The zero-order valence-corrected chi connectivity index (χ0v) is 20.3. The predicted molar refractivity (Wildman–Crippen MR) is 127 cm³/mol. The topological polar surface area (TPSA) is 66.1 Å². The number of hydrogen-bond acceptors (Lipinski definition) is 6. The summed E-state index contributed by atoms with van der Waals surface area (Å²) >= 11 is 3.00. The van der Waals surface area contributed by atoms with E-state index in [1.165, 1.54) is 28.6 Å². The fraction of sp³-hybridized carbons (Fsp3) is 0.522. The number of methoxy groups -OCH3 is 1. The van der Waals surface area contributed by atoms with Gasteiger partial charge in [-0.25, -0.2) is 4.98 Å². The summed E-state index contributed by atoms with van der Waals surface area (Å²) in [5.41, 5.74) is 4.03. The van der Waals surface area contributed by atoms with Crippen molar-refractivity contribution in [2.45, 2.75) is 64.7 Å². The van der Waals surface area contributed by atoms with Crippen molar-refractivity contribution < 1.29 is 9.53 Å². The summed E-state index contributed by atoms with van der Waals surface area (Å²) in [5.74, 6) is 0.320. The van der Waals surface area contributed by atoms with Gasteiger partial charge in [-0.1, -0.05) is 11.8 Å². The molecule has 3 heterocycles. The summed E-state index contributed by atoms with van der Waals surface area (Å²) in [6.07, 6.45) is 4.28. The summed E-state index contributed by atoms with van der Waals surface area (Å²) in [4.78, 5) is 33.4. The number of Topliss-reactive ketones (excluding diaryl/α,β-unsaturated/α-hetero) is 1. The minimum atomic E-state index is 0.000518. The van der Waals surface area contributed by atoms with Gasteiger partial charge in [0.05, 0.1) is 24.3 Å². The van der Waals surface area contributed by atoms with Crippen molar-refractivity contribution >= 4 is 39.1 Å². The maximum absolute atomic E-state index is 13.4. The second-order valence-corrected chi connectivity index (χ2v) is 10.0. The van der Waals surface area contributed by atoms with E-state index in [4.69, 9.17) is 9.72 Å². The molecule has 0 aromatic carbocycles. The predicted octanol–water partition coefficient (Wildman–Crippen LogP) is 4.40. The largest absolute Gasteiger partial charge is 0.383 e. The van der Waals surface area contributed by atoms with E-state index in [0.29, 0.717) is 18.3 Å². The maximum atomic E-state index is 13.4. The Kier molecular flexibility index (Phi) is 6.69. The second kappa shape index (κ2) is 9.30. The Morgan fingerprint density at radius 1 is 1.26 bits per heavy atom. The van der Waals surface area contributed by atoms with Gasteiger partial charge < -0.3 is 9.30 Å². The molecule has 31 heavy (non-hydrogen) atoms. The molecule has 0 saturated carbocycles. The first-order chi connectivity index (χ1) is 15.0. The third kappa shape index (κ3) is 4.13. The van der Waals surface area contributed by atoms with Crippen LogP contribution in [-0.2, 0) is 30.7 Å². The highest BCUT2D eigenvalue weighted by Crippen LogP contribution is 2.34. The SMILES string of the molecule is CCn1c(C)cc(C(=O)CSc2nc3sc4c(c3c(=O)n2CCOC)CCCC4)c1C. The van der Waals surface area contributed by atoms with Gasteiger partial charge in [0.25, 0.3) is 5.56 Å². The van der Waals surface area contributed by atoms with Gasteiger partial charge in [-0.2, -0.15) is 0 Å². The minimum absolute atomic E-state index is 0.000518. The van der Waals surface area contributed by atoms with Gasteiger partial charge >= 0.3 is 0 Å². The molecule has 8 heteroatoms. The Labute approximate surface area is 190 Å². The molecule has 0 amide bonds. The molecule has 0 aliphatic heterocycles. The number of thioether (sulfide) groups is 1. The highest BCUT2D eigenvalue weighted by atomic mass is 32.2. The minimum Gasteiger partial charge on any atom is -0.383 e. The van der Waals surface area contributed by atoms with E-state index in [9.17, 15) is 9.59 Å². The molecule has 3 aromatic rings. The molecule has 0 saturated heterocycles. The van der Waals surface area contributed by atoms with Gasteiger partial charge in [0.2, 0.25) is 0 Å². The molecule has 3 aromatic heterocycles. The maximum Gasteiger partial charge on any atom is 0.263 e. The van der Waals surface area contributed by atoms with Crippen LogP contribution in [0, 0.1) is 13.8 Å². The molecule has 0 bridgehead atoms. The number of carbonyl (C=O) groups is 1. The number of aromatic nitrogens is 3. The quantitative estimate of drug-likeness (QED) is 0.284. The van der Waals surface area contributed by atoms with Crippen molar-refractivity contribution in [3.8, 4) is 0 Å². The summed E-state index contributed by atoms with van der Waals surface area (Å²) in [6.45, 7) is 7.80. The molecular weight excluding hydrogens is 430 g/mol. The number of ether oxygens (including phenoxy) is 1. The van der Waals surface area contributed by atoms with Gasteiger partial charge in [0, 0.05) is 35.5 Å². The number of nitrogens with zero attached hydrogens (tertiary/aromatic N) is 3. The normalized spacial score (nSPS) is 13.7. The van der Waals surface area contributed by atoms with Crippen LogP contribution < -0.4 is 5.56 Å². The molecule has 4 rings (SSSR count). The van der Waals surface area contributed by atoms with Crippen molar-refractivity contribution in [2.75, 3.05) is 19.5 Å². The lowest BCUT2D eigenvalue weighted by Gasteiger charge is -2.13. The lowest BCUT2D eigenvalue weighted by atomic mass is 9.97. The summed E-state index contributed by atoms with van der Waals surface area (Å²) in [5, 5.41) is 1.38. The van der Waals surface area contributed by atoms with Crippen molar-refractivity contribution in [1.29, 1.82) is 0 Å². The molecule has 0 N–H and O–H groups in total. The highest BCUT2D eigenvalue weighted by molar-refractivity contribution is 7.99. The lowest BCUT2D eigenvalue weighted by molar-refractivity contribution is 0.102. The highest BCUT2D eigenvalue weighted by Gasteiger charge is 2.23. The van der Waals surface area contributed by atoms with E-state index in [0.717, 1.165) is 53.0 Å². The first-order valence-electron chi connectivity index (χ1n) is 10.8. The van der Waals surface area contributed by atoms with E-state index in [-0.39, 0.29) is 17.1 Å². The van der Waals surface area contributed by atoms with E-state index in [2.05, 4.69) is 11.5 Å². The van der Waals surface area contributed by atoms with E-state index < -0.39 is 0 Å². The van der Waals surface area contributed by atoms with Crippen LogP contribution in [0.15, 0.2) is 16.0 Å². The Morgan fingerprint density at radius 2 is 2.03 bits per heavy atom. The van der Waals surface area contributed by atoms with E-state index in [1.54, 1.807) is 23.0 Å². The number of rotatable bonds is 8. The van der Waals surface area contributed by atoms with E-state index in [1.807, 2.05) is 19.9 Å². The van der Waals surface area contributed by atoms with Gasteiger partial charge in [0.15, 0.2) is 10.9 Å². The van der Waals surface area contributed by atoms with Crippen molar-refractivity contribution in [2.24, 2.45) is 0 Å². The lowest BCUT2D eigenvalue weighted by Crippen LogP contribution is -2.26. The summed E-state index contributed by atoms with van der Waals surface area (Å²) < 4.78 is 9.08. The van der Waals surface area contributed by atoms with Crippen LogP contribution in [0.25, 0.3) is 10.2 Å². The van der Waals surface area contributed by atoms with Crippen LogP contribution in [0.2, 0.25) is 0 Å². The first kappa shape index (κ1) is 22.3. The number of carbonyl (C=O) groups excluding carboxylic acids is 1. The number of fused-ring (bicyclic) bond motifs is 3. The molecular formula is C23H29N3O3S2. The second-order valence-electron chi connectivity index (χ2n) is 7.98. The third-order valence-electron chi connectivity index (χ3n) is 6.08. The Morgan fingerprint density at radius 3 is 2.74 bits per heavy atom. The van der Waals surface area contributed by atoms with Crippen LogP contribution >= 0.6 is 23.1 Å². The van der Waals surface area contributed by atoms with Crippen LogP contribution in [-0.4, -0.2) is 39.4 Å². The van der Waals surface area contributed by atoms with Gasteiger partial charge in [-0.3, -0.25) is 14.2 Å². The molecule has 0 radical (unpaired) electrons. The summed E-state index contributed by atoms with van der Waals surface area (Å²) in [6, 6.07) is 1.96. The molecule has 6 nitrogen and oxygen atoms in total. The number of thiophene rings is 1. The Hall–Kier alpha value is -1.90. The molecule has 0 unspecified atom stereocenters. The Bertz CT molecular complexity index is 1190. The summed E-state index contributed by atoms with van der Waals surface area (Å²) in [7, 11) is 1.63. The first-order valence-corrected chi connectivity index (χ1v) is 12.6. The van der Waals surface area contributed by atoms with E-state index >= 15 is 0 Å². The van der Waals surface area contributed by atoms with Crippen molar-refractivity contribution in [3.63, 3.8) is 0 Å². The number of aryl methyl sites for hydroxylation is 3. The molecule has 166 valence electrons.